The van der Waals surface area contributed by atoms with Crippen molar-refractivity contribution in [1.82, 2.24) is 9.97 Å². The van der Waals surface area contributed by atoms with Crippen molar-refractivity contribution in [2.24, 2.45) is 5.92 Å². The summed E-state index contributed by atoms with van der Waals surface area (Å²) < 4.78 is 1.17. The van der Waals surface area contributed by atoms with Crippen LogP contribution in [0.1, 0.15) is 57.0 Å². The zero-order chi connectivity index (χ0) is 13.1. The van der Waals surface area contributed by atoms with Crippen LogP contribution in [0.3, 0.4) is 0 Å². The maximum atomic E-state index is 4.80. The summed E-state index contributed by atoms with van der Waals surface area (Å²) in [6, 6.07) is 0. The average Bonchev–Trinajstić information content (AvgIpc) is 2.39. The minimum atomic E-state index is 0.558. The molecule has 18 heavy (non-hydrogen) atoms. The number of aryl methyl sites for hydroxylation is 1. The fourth-order valence-corrected chi connectivity index (χ4v) is 3.66. The van der Waals surface area contributed by atoms with Gasteiger partial charge in [-0.05, 0) is 47.8 Å². The van der Waals surface area contributed by atoms with E-state index in [1.165, 1.54) is 34.9 Å². The summed E-state index contributed by atoms with van der Waals surface area (Å²) in [7, 11) is 1.94. The van der Waals surface area contributed by atoms with Gasteiger partial charge in [0, 0.05) is 13.0 Å². The van der Waals surface area contributed by atoms with E-state index in [9.17, 15) is 0 Å². The summed E-state index contributed by atoms with van der Waals surface area (Å²) in [5.74, 6) is 3.43. The highest BCUT2D eigenvalue weighted by Crippen LogP contribution is 2.35. The number of hydrogen-bond donors (Lipinski definition) is 1. The second-order valence-electron chi connectivity index (χ2n) is 5.26. The van der Waals surface area contributed by atoms with Gasteiger partial charge in [-0.1, -0.05) is 26.7 Å². The lowest BCUT2D eigenvalue weighted by atomic mass is 9.82. The van der Waals surface area contributed by atoms with Gasteiger partial charge in [-0.2, -0.15) is 0 Å². The van der Waals surface area contributed by atoms with E-state index in [1.54, 1.807) is 0 Å². The van der Waals surface area contributed by atoms with Gasteiger partial charge in [-0.25, -0.2) is 9.97 Å². The van der Waals surface area contributed by atoms with Crippen LogP contribution in [0.2, 0.25) is 0 Å². The normalized spacial score (nSPS) is 24.0. The van der Waals surface area contributed by atoms with Gasteiger partial charge in [-0.3, -0.25) is 0 Å². The zero-order valence-corrected chi connectivity index (χ0v) is 13.6. The van der Waals surface area contributed by atoms with Gasteiger partial charge in [0.05, 0.1) is 9.26 Å². The van der Waals surface area contributed by atoms with Crippen LogP contribution in [0.4, 0.5) is 5.82 Å². The Bertz CT molecular complexity index is 394. The Balaban J connectivity index is 2.32. The monoisotopic (exact) mass is 359 g/mol. The molecule has 1 aromatic heterocycles. The van der Waals surface area contributed by atoms with Crippen molar-refractivity contribution in [3.63, 3.8) is 0 Å². The standard InChI is InChI=1S/C14H22IN3/c1-4-11-12(15)14(16-3)18-13(17-11)10-7-5-6-9(2)8-10/h9-10H,4-8H2,1-3H3,(H,16,17,18). The molecule has 0 spiro atoms. The lowest BCUT2D eigenvalue weighted by Crippen LogP contribution is -2.16. The summed E-state index contributed by atoms with van der Waals surface area (Å²) in [6.45, 7) is 4.51. The molecule has 2 atom stereocenters. The number of halogens is 1. The van der Waals surface area contributed by atoms with Crippen molar-refractivity contribution in [2.75, 3.05) is 12.4 Å². The van der Waals surface area contributed by atoms with E-state index in [2.05, 4.69) is 41.8 Å². The molecule has 4 heteroatoms. The third kappa shape index (κ3) is 2.95. The Labute approximate surface area is 123 Å². The van der Waals surface area contributed by atoms with Crippen LogP contribution in [0, 0.1) is 9.49 Å². The van der Waals surface area contributed by atoms with E-state index < -0.39 is 0 Å². The molecule has 0 bridgehead atoms. The van der Waals surface area contributed by atoms with Crippen molar-refractivity contribution < 1.29 is 0 Å². The molecule has 1 N–H and O–H groups in total. The number of nitrogens with one attached hydrogen (secondary N) is 1. The van der Waals surface area contributed by atoms with Gasteiger partial charge in [0.15, 0.2) is 0 Å². The molecule has 2 unspecified atom stereocenters. The van der Waals surface area contributed by atoms with Crippen molar-refractivity contribution >= 4 is 28.4 Å². The van der Waals surface area contributed by atoms with Crippen molar-refractivity contribution in [2.45, 2.75) is 51.9 Å². The van der Waals surface area contributed by atoms with E-state index >= 15 is 0 Å². The topological polar surface area (TPSA) is 37.8 Å². The third-order valence-corrected chi connectivity index (χ3v) is 4.94. The Morgan fingerprint density at radius 2 is 2.11 bits per heavy atom. The predicted molar refractivity (Wildman–Crippen MR) is 84.0 cm³/mol. The van der Waals surface area contributed by atoms with Gasteiger partial charge in [0.2, 0.25) is 0 Å². The minimum absolute atomic E-state index is 0.558. The van der Waals surface area contributed by atoms with E-state index in [1.807, 2.05) is 7.05 Å². The van der Waals surface area contributed by atoms with Gasteiger partial charge in [-0.15, -0.1) is 0 Å². The largest absolute Gasteiger partial charge is 0.372 e. The maximum Gasteiger partial charge on any atom is 0.143 e. The molecule has 1 saturated carbocycles. The first-order valence-electron chi connectivity index (χ1n) is 6.89. The van der Waals surface area contributed by atoms with Crippen LogP contribution < -0.4 is 5.32 Å². The van der Waals surface area contributed by atoms with Crippen LogP contribution in [-0.2, 0) is 6.42 Å². The highest BCUT2D eigenvalue weighted by Gasteiger charge is 2.24. The quantitative estimate of drug-likeness (QED) is 0.830. The van der Waals surface area contributed by atoms with Crippen LogP contribution in [0.15, 0.2) is 0 Å². The maximum absolute atomic E-state index is 4.80. The zero-order valence-electron chi connectivity index (χ0n) is 11.5. The lowest BCUT2D eigenvalue weighted by molar-refractivity contribution is 0.335. The van der Waals surface area contributed by atoms with Gasteiger partial charge < -0.3 is 5.32 Å². The van der Waals surface area contributed by atoms with Gasteiger partial charge in [0.25, 0.3) is 0 Å². The second kappa shape index (κ2) is 6.17. The van der Waals surface area contributed by atoms with Gasteiger partial charge in [0.1, 0.15) is 11.6 Å². The second-order valence-corrected chi connectivity index (χ2v) is 6.34. The van der Waals surface area contributed by atoms with E-state index in [0.29, 0.717) is 5.92 Å². The van der Waals surface area contributed by atoms with Crippen molar-refractivity contribution in [3.8, 4) is 0 Å². The summed E-state index contributed by atoms with van der Waals surface area (Å²) in [6.07, 6.45) is 6.15. The molecule has 3 nitrogen and oxygen atoms in total. The number of aromatic nitrogens is 2. The third-order valence-electron chi connectivity index (χ3n) is 3.81. The fraction of sp³-hybridized carbons (Fsp3) is 0.714. The van der Waals surface area contributed by atoms with Gasteiger partial charge >= 0.3 is 0 Å². The summed E-state index contributed by atoms with van der Waals surface area (Å²) >= 11 is 2.35. The Morgan fingerprint density at radius 1 is 1.33 bits per heavy atom. The van der Waals surface area contributed by atoms with Crippen molar-refractivity contribution in [1.29, 1.82) is 0 Å². The Hall–Kier alpha value is -0.390. The number of hydrogen-bond acceptors (Lipinski definition) is 3. The molecule has 1 aliphatic rings. The van der Waals surface area contributed by atoms with Crippen LogP contribution in [0.25, 0.3) is 0 Å². The first kappa shape index (κ1) is 14.0. The Kier molecular flexibility index (Phi) is 4.81. The number of nitrogens with zero attached hydrogens (tertiary/aromatic N) is 2. The summed E-state index contributed by atoms with van der Waals surface area (Å²) in [4.78, 5) is 9.53. The molecule has 1 aliphatic carbocycles. The fourth-order valence-electron chi connectivity index (χ4n) is 2.76. The molecule has 0 radical (unpaired) electrons. The number of rotatable bonds is 3. The van der Waals surface area contributed by atoms with E-state index in [-0.39, 0.29) is 0 Å². The molecule has 1 heterocycles. The van der Waals surface area contributed by atoms with E-state index in [4.69, 9.17) is 9.97 Å². The highest BCUT2D eigenvalue weighted by atomic mass is 127. The van der Waals surface area contributed by atoms with Crippen LogP contribution >= 0.6 is 22.6 Å². The minimum Gasteiger partial charge on any atom is -0.372 e. The molecule has 1 aromatic rings. The SMILES string of the molecule is CCc1nc(C2CCCC(C)C2)nc(NC)c1I. The molecule has 1 fully saturated rings. The molecule has 100 valence electrons. The molecular formula is C14H22IN3. The smallest absolute Gasteiger partial charge is 0.143 e. The molecule has 0 amide bonds. The van der Waals surface area contributed by atoms with Crippen LogP contribution in [0.5, 0.6) is 0 Å². The molecule has 2 rings (SSSR count). The highest BCUT2D eigenvalue weighted by molar-refractivity contribution is 14.1. The summed E-state index contributed by atoms with van der Waals surface area (Å²) in [5.41, 5.74) is 1.18. The Morgan fingerprint density at radius 3 is 2.72 bits per heavy atom. The van der Waals surface area contributed by atoms with E-state index in [0.717, 1.165) is 24.0 Å². The first-order valence-corrected chi connectivity index (χ1v) is 7.97. The number of anilines is 1. The molecule has 0 aliphatic heterocycles. The molecule has 0 saturated heterocycles. The molecule has 0 aromatic carbocycles. The first-order chi connectivity index (χ1) is 8.65. The summed E-state index contributed by atoms with van der Waals surface area (Å²) in [5, 5.41) is 3.20. The van der Waals surface area contributed by atoms with Crippen molar-refractivity contribution in [3.05, 3.63) is 15.1 Å². The van der Waals surface area contributed by atoms with Crippen LogP contribution in [-0.4, -0.2) is 17.0 Å². The molecular weight excluding hydrogens is 337 g/mol. The predicted octanol–water partition coefficient (Wildman–Crippen LogP) is 3.98. The lowest BCUT2D eigenvalue weighted by Gasteiger charge is -2.26. The average molecular weight is 359 g/mol.